The van der Waals surface area contributed by atoms with Crippen molar-refractivity contribution in [3.63, 3.8) is 0 Å². The van der Waals surface area contributed by atoms with Gasteiger partial charge in [0.2, 0.25) is 4.96 Å². The second-order valence-electron chi connectivity index (χ2n) is 7.98. The van der Waals surface area contributed by atoms with Crippen molar-refractivity contribution in [1.82, 2.24) is 14.6 Å². The molecule has 0 radical (unpaired) electrons. The van der Waals surface area contributed by atoms with Crippen LogP contribution in [0, 0.1) is 0 Å². The lowest BCUT2D eigenvalue weighted by atomic mass is 9.87. The molecule has 2 aromatic carbocycles. The molecule has 0 amide bonds. The van der Waals surface area contributed by atoms with Gasteiger partial charge in [0.1, 0.15) is 11.5 Å². The summed E-state index contributed by atoms with van der Waals surface area (Å²) < 4.78 is 12.5. The number of thiazole rings is 1. The van der Waals surface area contributed by atoms with E-state index in [-0.39, 0.29) is 11.0 Å². The largest absolute Gasteiger partial charge is 0.497 e. The molecule has 0 aliphatic heterocycles. The Balaban J connectivity index is 1.73. The topological polar surface area (TPSA) is 65.7 Å². The molecule has 2 heterocycles. The average molecular weight is 422 g/mol. The van der Waals surface area contributed by atoms with Crippen LogP contribution < -0.4 is 19.6 Å². The fourth-order valence-corrected chi connectivity index (χ4v) is 4.05. The molecular formula is C23H23N3O3S. The van der Waals surface area contributed by atoms with Crippen molar-refractivity contribution in [2.75, 3.05) is 14.2 Å². The lowest BCUT2D eigenvalue weighted by molar-refractivity contribution is 0.393. The van der Waals surface area contributed by atoms with Crippen LogP contribution in [0.4, 0.5) is 0 Å². The van der Waals surface area contributed by atoms with Gasteiger partial charge in [-0.05, 0) is 29.2 Å². The van der Waals surface area contributed by atoms with E-state index in [2.05, 4.69) is 43.0 Å². The Labute approximate surface area is 178 Å². The summed E-state index contributed by atoms with van der Waals surface area (Å²) in [7, 11) is 3.19. The highest BCUT2D eigenvalue weighted by atomic mass is 32.1. The molecule has 30 heavy (non-hydrogen) atoms. The van der Waals surface area contributed by atoms with Crippen molar-refractivity contribution in [2.45, 2.75) is 26.2 Å². The fourth-order valence-electron chi connectivity index (χ4n) is 3.15. The standard InChI is InChI=1S/C23H23N3O3S/c1-23(2,3)16-9-6-14(7-10-16)20-24-22-26(25-20)21(27)19(30-22)12-15-8-11-17(28-4)13-18(15)29-5/h6-13H,1-5H3/b19-12-. The Kier molecular flexibility index (Phi) is 5.07. The lowest BCUT2D eigenvalue weighted by Gasteiger charge is -2.18. The number of hydrogen-bond donors (Lipinski definition) is 0. The molecule has 0 saturated heterocycles. The maximum absolute atomic E-state index is 12.9. The molecule has 2 aromatic heterocycles. The van der Waals surface area contributed by atoms with Crippen molar-refractivity contribution in [3.05, 3.63) is 68.5 Å². The average Bonchev–Trinajstić information content (AvgIpc) is 3.27. The van der Waals surface area contributed by atoms with Gasteiger partial charge in [-0.15, -0.1) is 5.10 Å². The number of methoxy groups -OCH3 is 2. The highest BCUT2D eigenvalue weighted by Gasteiger charge is 2.16. The second kappa shape index (κ2) is 7.57. The van der Waals surface area contributed by atoms with E-state index in [9.17, 15) is 4.79 Å². The summed E-state index contributed by atoms with van der Waals surface area (Å²) in [4.78, 5) is 18.0. The van der Waals surface area contributed by atoms with Gasteiger partial charge in [-0.1, -0.05) is 56.4 Å². The Morgan fingerprint density at radius 2 is 1.77 bits per heavy atom. The molecule has 7 heteroatoms. The predicted molar refractivity (Wildman–Crippen MR) is 120 cm³/mol. The minimum absolute atomic E-state index is 0.0793. The summed E-state index contributed by atoms with van der Waals surface area (Å²) in [6.07, 6.45) is 1.79. The zero-order valence-electron chi connectivity index (χ0n) is 17.6. The maximum Gasteiger partial charge on any atom is 0.291 e. The quantitative estimate of drug-likeness (QED) is 0.503. The van der Waals surface area contributed by atoms with Crippen molar-refractivity contribution in [1.29, 1.82) is 0 Å². The summed E-state index contributed by atoms with van der Waals surface area (Å²) in [5.74, 6) is 1.87. The third kappa shape index (κ3) is 3.68. The number of rotatable bonds is 4. The van der Waals surface area contributed by atoms with Crippen LogP contribution in [-0.2, 0) is 5.41 Å². The number of benzene rings is 2. The van der Waals surface area contributed by atoms with Gasteiger partial charge in [0, 0.05) is 17.2 Å². The Bertz CT molecular complexity index is 1310. The van der Waals surface area contributed by atoms with Gasteiger partial charge in [-0.3, -0.25) is 4.79 Å². The van der Waals surface area contributed by atoms with Gasteiger partial charge in [0.15, 0.2) is 5.82 Å². The molecule has 0 atom stereocenters. The smallest absolute Gasteiger partial charge is 0.291 e. The number of nitrogens with zero attached hydrogens (tertiary/aromatic N) is 3. The van der Waals surface area contributed by atoms with E-state index < -0.39 is 0 Å². The van der Waals surface area contributed by atoms with Crippen molar-refractivity contribution in [2.24, 2.45) is 0 Å². The lowest BCUT2D eigenvalue weighted by Crippen LogP contribution is -2.23. The van der Waals surface area contributed by atoms with E-state index in [1.807, 2.05) is 24.3 Å². The minimum atomic E-state index is -0.196. The highest BCUT2D eigenvalue weighted by molar-refractivity contribution is 7.15. The molecule has 0 spiro atoms. The van der Waals surface area contributed by atoms with E-state index in [0.717, 1.165) is 11.1 Å². The van der Waals surface area contributed by atoms with E-state index in [4.69, 9.17) is 9.47 Å². The van der Waals surface area contributed by atoms with Crippen molar-refractivity contribution < 1.29 is 9.47 Å². The van der Waals surface area contributed by atoms with Crippen LogP contribution in [0.5, 0.6) is 11.5 Å². The van der Waals surface area contributed by atoms with Crippen LogP contribution in [-0.4, -0.2) is 28.8 Å². The van der Waals surface area contributed by atoms with E-state index in [0.29, 0.717) is 26.8 Å². The molecule has 0 bridgehead atoms. The van der Waals surface area contributed by atoms with Gasteiger partial charge in [-0.25, -0.2) is 0 Å². The molecule has 4 rings (SSSR count). The van der Waals surface area contributed by atoms with Gasteiger partial charge >= 0.3 is 0 Å². The first-order valence-corrected chi connectivity index (χ1v) is 10.4. The van der Waals surface area contributed by atoms with Crippen molar-refractivity contribution in [3.8, 4) is 22.9 Å². The fraction of sp³-hybridized carbons (Fsp3) is 0.261. The molecular weight excluding hydrogens is 398 g/mol. The van der Waals surface area contributed by atoms with Gasteiger partial charge in [-0.2, -0.15) is 9.50 Å². The molecule has 154 valence electrons. The summed E-state index contributed by atoms with van der Waals surface area (Å²) in [5, 5.41) is 4.44. The summed E-state index contributed by atoms with van der Waals surface area (Å²) in [5.41, 5.74) is 2.80. The molecule has 0 unspecified atom stereocenters. The van der Waals surface area contributed by atoms with E-state index >= 15 is 0 Å². The summed E-state index contributed by atoms with van der Waals surface area (Å²) in [6, 6.07) is 13.6. The van der Waals surface area contributed by atoms with Crippen LogP contribution in [0.15, 0.2) is 47.3 Å². The van der Waals surface area contributed by atoms with Crippen LogP contribution in [0.1, 0.15) is 31.9 Å². The van der Waals surface area contributed by atoms with Crippen molar-refractivity contribution >= 4 is 22.4 Å². The Morgan fingerprint density at radius 1 is 1.03 bits per heavy atom. The number of fused-ring (bicyclic) bond motifs is 1. The molecule has 0 N–H and O–H groups in total. The third-order valence-corrected chi connectivity index (χ3v) is 5.88. The SMILES string of the molecule is COc1ccc(/C=c2\sc3nc(-c4ccc(C(C)(C)C)cc4)nn3c2=O)c(OC)c1. The minimum Gasteiger partial charge on any atom is -0.497 e. The van der Waals surface area contributed by atoms with Crippen LogP contribution in [0.25, 0.3) is 22.4 Å². The summed E-state index contributed by atoms with van der Waals surface area (Å²) in [6.45, 7) is 6.52. The number of aromatic nitrogens is 3. The van der Waals surface area contributed by atoms with E-state index in [1.54, 1.807) is 26.4 Å². The first-order chi connectivity index (χ1) is 14.3. The molecule has 0 saturated carbocycles. The molecule has 0 aliphatic carbocycles. The number of hydrogen-bond acceptors (Lipinski definition) is 6. The first kappa shape index (κ1) is 20.1. The molecule has 0 fully saturated rings. The first-order valence-electron chi connectivity index (χ1n) is 9.54. The Hall–Kier alpha value is -3.19. The Morgan fingerprint density at radius 3 is 2.37 bits per heavy atom. The zero-order chi connectivity index (χ0) is 21.5. The van der Waals surface area contributed by atoms with Crippen LogP contribution in [0.2, 0.25) is 0 Å². The van der Waals surface area contributed by atoms with Crippen LogP contribution >= 0.6 is 11.3 Å². The van der Waals surface area contributed by atoms with Crippen LogP contribution in [0.3, 0.4) is 0 Å². The third-order valence-electron chi connectivity index (χ3n) is 4.92. The summed E-state index contributed by atoms with van der Waals surface area (Å²) >= 11 is 1.31. The van der Waals surface area contributed by atoms with Gasteiger partial charge in [0.25, 0.3) is 5.56 Å². The molecule has 6 nitrogen and oxygen atoms in total. The predicted octanol–water partition coefficient (Wildman–Crippen LogP) is 3.68. The van der Waals surface area contributed by atoms with E-state index in [1.165, 1.54) is 21.4 Å². The molecule has 0 aliphatic rings. The monoisotopic (exact) mass is 421 g/mol. The zero-order valence-corrected chi connectivity index (χ0v) is 18.4. The normalized spacial score (nSPS) is 12.5. The number of ether oxygens (including phenoxy) is 2. The van der Waals surface area contributed by atoms with Gasteiger partial charge in [0.05, 0.1) is 18.8 Å². The molecule has 4 aromatic rings. The highest BCUT2D eigenvalue weighted by Crippen LogP contribution is 2.26. The second-order valence-corrected chi connectivity index (χ2v) is 8.99. The van der Waals surface area contributed by atoms with Gasteiger partial charge < -0.3 is 9.47 Å². The maximum atomic E-state index is 12.9.